The van der Waals surface area contributed by atoms with Gasteiger partial charge in [0, 0.05) is 5.56 Å². The molecule has 1 fully saturated rings. The number of ketones is 1. The summed E-state index contributed by atoms with van der Waals surface area (Å²) in [6.07, 6.45) is 1.86. The lowest BCUT2D eigenvalue weighted by atomic mass is 9.95. The number of hydrogen-bond acceptors (Lipinski definition) is 2. The van der Waals surface area contributed by atoms with Gasteiger partial charge in [-0.1, -0.05) is 18.2 Å². The van der Waals surface area contributed by atoms with Crippen molar-refractivity contribution in [2.24, 2.45) is 0 Å². The molecule has 0 amide bonds. The van der Waals surface area contributed by atoms with E-state index in [1.165, 1.54) is 30.3 Å². The SMILES string of the molecule is O=C(c1ccc(C(=O)O)c(C2CC2)c1)c1ccccc1F. The van der Waals surface area contributed by atoms with E-state index in [2.05, 4.69) is 0 Å². The third-order valence-electron chi connectivity index (χ3n) is 3.68. The molecule has 0 bridgehead atoms. The zero-order chi connectivity index (χ0) is 15.0. The van der Waals surface area contributed by atoms with Gasteiger partial charge in [0.2, 0.25) is 0 Å². The van der Waals surface area contributed by atoms with Crippen LogP contribution in [-0.2, 0) is 0 Å². The number of rotatable bonds is 4. The molecule has 0 aliphatic heterocycles. The van der Waals surface area contributed by atoms with Gasteiger partial charge in [0.15, 0.2) is 5.78 Å². The van der Waals surface area contributed by atoms with Gasteiger partial charge in [-0.15, -0.1) is 0 Å². The number of hydrogen-bond donors (Lipinski definition) is 1. The predicted molar refractivity (Wildman–Crippen MR) is 75.2 cm³/mol. The molecule has 0 atom stereocenters. The van der Waals surface area contributed by atoms with Crippen LogP contribution in [0.5, 0.6) is 0 Å². The minimum absolute atomic E-state index is 0.00215. The number of carboxylic acids is 1. The van der Waals surface area contributed by atoms with Crippen molar-refractivity contribution in [3.8, 4) is 0 Å². The average molecular weight is 284 g/mol. The van der Waals surface area contributed by atoms with Crippen molar-refractivity contribution in [1.82, 2.24) is 0 Å². The zero-order valence-electron chi connectivity index (χ0n) is 11.2. The summed E-state index contributed by atoms with van der Waals surface area (Å²) >= 11 is 0. The van der Waals surface area contributed by atoms with Gasteiger partial charge < -0.3 is 5.11 Å². The van der Waals surface area contributed by atoms with Crippen molar-refractivity contribution < 1.29 is 19.1 Å². The van der Waals surface area contributed by atoms with Crippen LogP contribution < -0.4 is 0 Å². The van der Waals surface area contributed by atoms with E-state index in [1.807, 2.05) is 0 Å². The highest BCUT2D eigenvalue weighted by atomic mass is 19.1. The van der Waals surface area contributed by atoms with Crippen molar-refractivity contribution in [1.29, 1.82) is 0 Å². The molecule has 0 saturated heterocycles. The van der Waals surface area contributed by atoms with E-state index < -0.39 is 17.6 Å². The standard InChI is InChI=1S/C17H13FO3/c18-15-4-2-1-3-13(15)16(19)11-7-8-12(17(20)21)14(9-11)10-5-6-10/h1-4,7-10H,5-6H2,(H,20,21). The lowest BCUT2D eigenvalue weighted by Crippen LogP contribution is -2.08. The Balaban J connectivity index is 2.03. The molecular formula is C17H13FO3. The Kier molecular flexibility index (Phi) is 3.29. The summed E-state index contributed by atoms with van der Waals surface area (Å²) in [6.45, 7) is 0. The van der Waals surface area contributed by atoms with Gasteiger partial charge in [-0.3, -0.25) is 4.79 Å². The van der Waals surface area contributed by atoms with Crippen molar-refractivity contribution in [2.75, 3.05) is 0 Å². The molecule has 1 N–H and O–H groups in total. The molecule has 3 nitrogen and oxygen atoms in total. The molecule has 0 unspecified atom stereocenters. The number of carbonyl (C=O) groups is 2. The van der Waals surface area contributed by atoms with E-state index in [1.54, 1.807) is 12.1 Å². The molecule has 0 heterocycles. The number of halogens is 1. The van der Waals surface area contributed by atoms with Gasteiger partial charge >= 0.3 is 5.97 Å². The maximum atomic E-state index is 13.7. The van der Waals surface area contributed by atoms with Crippen LogP contribution in [-0.4, -0.2) is 16.9 Å². The number of aromatic carboxylic acids is 1. The molecule has 4 heteroatoms. The highest BCUT2D eigenvalue weighted by Crippen LogP contribution is 2.42. The second-order valence-corrected chi connectivity index (χ2v) is 5.19. The van der Waals surface area contributed by atoms with Gasteiger partial charge in [0.25, 0.3) is 0 Å². The second kappa shape index (κ2) is 5.13. The van der Waals surface area contributed by atoms with E-state index in [-0.39, 0.29) is 17.0 Å². The van der Waals surface area contributed by atoms with Crippen molar-refractivity contribution in [2.45, 2.75) is 18.8 Å². The molecule has 0 radical (unpaired) electrons. The predicted octanol–water partition coefficient (Wildman–Crippen LogP) is 3.63. The van der Waals surface area contributed by atoms with E-state index in [4.69, 9.17) is 0 Å². The van der Waals surface area contributed by atoms with Gasteiger partial charge in [-0.05, 0) is 48.6 Å². The fraction of sp³-hybridized carbons (Fsp3) is 0.176. The number of carbonyl (C=O) groups excluding carboxylic acids is 1. The first-order valence-electron chi connectivity index (χ1n) is 6.74. The maximum Gasteiger partial charge on any atom is 0.335 e. The summed E-state index contributed by atoms with van der Waals surface area (Å²) < 4.78 is 13.7. The third kappa shape index (κ3) is 2.57. The minimum atomic E-state index is -0.998. The first kappa shape index (κ1) is 13.5. The summed E-state index contributed by atoms with van der Waals surface area (Å²) in [5.74, 6) is -1.80. The zero-order valence-corrected chi connectivity index (χ0v) is 11.2. The van der Waals surface area contributed by atoms with E-state index in [0.29, 0.717) is 11.1 Å². The quantitative estimate of drug-likeness (QED) is 0.872. The molecule has 1 aliphatic rings. The molecule has 2 aromatic carbocycles. The Morgan fingerprint density at radius 2 is 1.76 bits per heavy atom. The molecule has 3 rings (SSSR count). The van der Waals surface area contributed by atoms with Crippen LogP contribution in [0.4, 0.5) is 4.39 Å². The van der Waals surface area contributed by atoms with Crippen molar-refractivity contribution in [3.63, 3.8) is 0 Å². The number of carboxylic acid groups (broad SMARTS) is 1. The Morgan fingerprint density at radius 1 is 1.05 bits per heavy atom. The Morgan fingerprint density at radius 3 is 2.38 bits per heavy atom. The third-order valence-corrected chi connectivity index (χ3v) is 3.68. The average Bonchev–Trinajstić information content (AvgIpc) is 3.31. The summed E-state index contributed by atoms with van der Waals surface area (Å²) in [5.41, 5.74) is 1.22. The lowest BCUT2D eigenvalue weighted by molar-refractivity contribution is 0.0695. The largest absolute Gasteiger partial charge is 0.478 e. The van der Waals surface area contributed by atoms with Crippen LogP contribution in [0.15, 0.2) is 42.5 Å². The first-order valence-corrected chi connectivity index (χ1v) is 6.74. The fourth-order valence-electron chi connectivity index (χ4n) is 2.43. The Hall–Kier alpha value is -2.49. The molecule has 1 saturated carbocycles. The van der Waals surface area contributed by atoms with Gasteiger partial charge in [0.1, 0.15) is 5.82 Å². The van der Waals surface area contributed by atoms with Crippen LogP contribution in [0.3, 0.4) is 0 Å². The molecule has 0 spiro atoms. The first-order chi connectivity index (χ1) is 10.1. The van der Waals surface area contributed by atoms with Crippen molar-refractivity contribution >= 4 is 11.8 Å². The van der Waals surface area contributed by atoms with E-state index in [0.717, 1.165) is 12.8 Å². The molecular weight excluding hydrogens is 271 g/mol. The molecule has 1 aliphatic carbocycles. The highest BCUT2D eigenvalue weighted by molar-refractivity contribution is 6.09. The van der Waals surface area contributed by atoms with E-state index >= 15 is 0 Å². The fourth-order valence-corrected chi connectivity index (χ4v) is 2.43. The number of benzene rings is 2. The molecule has 21 heavy (non-hydrogen) atoms. The summed E-state index contributed by atoms with van der Waals surface area (Å²) in [5, 5.41) is 9.19. The Bertz CT molecular complexity index is 733. The monoisotopic (exact) mass is 284 g/mol. The molecule has 2 aromatic rings. The van der Waals surface area contributed by atoms with Gasteiger partial charge in [-0.25, -0.2) is 9.18 Å². The van der Waals surface area contributed by atoms with E-state index in [9.17, 15) is 19.1 Å². The summed E-state index contributed by atoms with van der Waals surface area (Å²) in [7, 11) is 0. The minimum Gasteiger partial charge on any atom is -0.478 e. The highest BCUT2D eigenvalue weighted by Gasteiger charge is 2.29. The smallest absolute Gasteiger partial charge is 0.335 e. The lowest BCUT2D eigenvalue weighted by Gasteiger charge is -2.08. The summed E-state index contributed by atoms with van der Waals surface area (Å²) in [4.78, 5) is 23.6. The summed E-state index contributed by atoms with van der Waals surface area (Å²) in [6, 6.07) is 10.3. The van der Waals surface area contributed by atoms with Crippen molar-refractivity contribution in [3.05, 3.63) is 70.5 Å². The van der Waals surface area contributed by atoms with Gasteiger partial charge in [0.05, 0.1) is 11.1 Å². The van der Waals surface area contributed by atoms with Crippen LogP contribution in [0.1, 0.15) is 50.6 Å². The molecule has 0 aromatic heterocycles. The van der Waals surface area contributed by atoms with Crippen LogP contribution in [0.25, 0.3) is 0 Å². The topological polar surface area (TPSA) is 54.4 Å². The molecule has 106 valence electrons. The van der Waals surface area contributed by atoms with Crippen LogP contribution in [0.2, 0.25) is 0 Å². The second-order valence-electron chi connectivity index (χ2n) is 5.19. The normalized spacial score (nSPS) is 14.0. The Labute approximate surface area is 121 Å². The van der Waals surface area contributed by atoms with Gasteiger partial charge in [-0.2, -0.15) is 0 Å². The van der Waals surface area contributed by atoms with Crippen LogP contribution >= 0.6 is 0 Å². The van der Waals surface area contributed by atoms with Crippen LogP contribution in [0, 0.1) is 5.82 Å². The maximum absolute atomic E-state index is 13.7.